The van der Waals surface area contributed by atoms with Crippen LogP contribution in [0.25, 0.3) is 0 Å². The number of hydrogen-bond acceptors (Lipinski definition) is 6. The van der Waals surface area contributed by atoms with E-state index in [1.807, 2.05) is 41.3 Å². The number of anilines is 2. The zero-order chi connectivity index (χ0) is 24.6. The normalized spacial score (nSPS) is 12.1. The summed E-state index contributed by atoms with van der Waals surface area (Å²) in [4.78, 5) is 40.0. The minimum absolute atomic E-state index is 0.0154. The van der Waals surface area contributed by atoms with Crippen molar-refractivity contribution >= 4 is 40.9 Å². The molecule has 4 rings (SSSR count). The number of carbonyl (C=O) groups is 3. The topological polar surface area (TPSA) is 84.9 Å². The molecule has 180 valence electrons. The molecule has 0 spiro atoms. The van der Waals surface area contributed by atoms with E-state index in [1.54, 1.807) is 43.3 Å². The summed E-state index contributed by atoms with van der Waals surface area (Å²) in [7, 11) is 0. The molecule has 35 heavy (non-hydrogen) atoms. The lowest BCUT2D eigenvalue weighted by atomic mass is 10.2. The number of hydrogen-bond donors (Lipinski definition) is 1. The first-order chi connectivity index (χ1) is 17.0. The molecule has 1 aliphatic heterocycles. The molecule has 0 unspecified atom stereocenters. The third-order valence-corrected chi connectivity index (χ3v) is 6.48. The van der Waals surface area contributed by atoms with Gasteiger partial charge >= 0.3 is 5.97 Å². The van der Waals surface area contributed by atoms with Gasteiger partial charge in [-0.15, -0.1) is 11.8 Å². The number of fused-ring (bicyclic) bond motifs is 1. The van der Waals surface area contributed by atoms with E-state index in [-0.39, 0.29) is 30.8 Å². The van der Waals surface area contributed by atoms with E-state index >= 15 is 0 Å². The number of ether oxygens (including phenoxy) is 2. The zero-order valence-electron chi connectivity index (χ0n) is 19.4. The second-order valence-electron chi connectivity index (χ2n) is 7.78. The van der Waals surface area contributed by atoms with Crippen LogP contribution in [0.1, 0.15) is 22.8 Å². The van der Waals surface area contributed by atoms with E-state index in [4.69, 9.17) is 9.47 Å². The maximum atomic E-state index is 13.0. The van der Waals surface area contributed by atoms with Crippen LogP contribution in [0.4, 0.5) is 11.4 Å². The third-order valence-electron chi connectivity index (χ3n) is 5.42. The number of nitrogens with one attached hydrogen (secondary N) is 1. The molecule has 3 aromatic rings. The predicted octanol–water partition coefficient (Wildman–Crippen LogP) is 4.56. The van der Waals surface area contributed by atoms with Crippen molar-refractivity contribution in [2.45, 2.75) is 18.2 Å². The molecule has 0 bridgehead atoms. The third kappa shape index (κ3) is 6.22. The van der Waals surface area contributed by atoms with Crippen molar-refractivity contribution in [3.8, 4) is 5.75 Å². The first-order valence-corrected chi connectivity index (χ1v) is 12.3. The van der Waals surface area contributed by atoms with Crippen molar-refractivity contribution in [2.75, 3.05) is 35.7 Å². The van der Waals surface area contributed by atoms with Crippen LogP contribution in [0, 0.1) is 0 Å². The maximum absolute atomic E-state index is 13.0. The van der Waals surface area contributed by atoms with E-state index in [2.05, 4.69) is 5.32 Å². The number of thioether (sulfide) groups is 1. The van der Waals surface area contributed by atoms with Crippen LogP contribution < -0.4 is 15.0 Å². The summed E-state index contributed by atoms with van der Waals surface area (Å²) in [6.45, 7) is 2.48. The summed E-state index contributed by atoms with van der Waals surface area (Å²) >= 11 is 1.35. The van der Waals surface area contributed by atoms with Crippen molar-refractivity contribution < 1.29 is 23.9 Å². The van der Waals surface area contributed by atoms with Crippen molar-refractivity contribution in [1.29, 1.82) is 0 Å². The molecule has 0 saturated carbocycles. The minimum Gasteiger partial charge on any atom is -0.482 e. The number of esters is 1. The molecule has 0 fully saturated rings. The zero-order valence-corrected chi connectivity index (χ0v) is 20.2. The van der Waals surface area contributed by atoms with Gasteiger partial charge in [-0.3, -0.25) is 9.59 Å². The Bertz CT molecular complexity index is 1230. The Labute approximate surface area is 208 Å². The molecule has 8 heteroatoms. The molecule has 0 atom stereocenters. The highest BCUT2D eigenvalue weighted by atomic mass is 32.2. The van der Waals surface area contributed by atoms with E-state index in [0.29, 0.717) is 23.5 Å². The summed E-state index contributed by atoms with van der Waals surface area (Å²) in [5.41, 5.74) is 3.15. The van der Waals surface area contributed by atoms with E-state index in [1.165, 1.54) is 17.3 Å². The Morgan fingerprint density at radius 3 is 2.66 bits per heavy atom. The summed E-state index contributed by atoms with van der Waals surface area (Å²) in [6, 6.07) is 21.9. The van der Waals surface area contributed by atoms with Crippen LogP contribution >= 0.6 is 11.8 Å². The fraction of sp³-hybridized carbons (Fsp3) is 0.222. The van der Waals surface area contributed by atoms with Crippen molar-refractivity contribution in [1.82, 2.24) is 0 Å². The standard InChI is InChI=1S/C27H26N2O5S/c1-2-33-26(31)17-34-21-10-7-9-20(16-21)28-27(32)22-11-4-6-13-24(22)35-18-25(30)29-15-14-19-8-3-5-12-23(19)29/h3-13,16H,2,14-15,17-18H2,1H3,(H,28,32). The highest BCUT2D eigenvalue weighted by Gasteiger charge is 2.24. The van der Waals surface area contributed by atoms with Crippen LogP contribution in [0.5, 0.6) is 5.75 Å². The summed E-state index contributed by atoms with van der Waals surface area (Å²) in [6.07, 6.45) is 0.855. The van der Waals surface area contributed by atoms with Gasteiger partial charge in [0.25, 0.3) is 5.91 Å². The first kappa shape index (κ1) is 24.3. The lowest BCUT2D eigenvalue weighted by molar-refractivity contribution is -0.145. The quantitative estimate of drug-likeness (QED) is 0.350. The lowest BCUT2D eigenvalue weighted by Crippen LogP contribution is -2.30. The molecule has 2 amide bonds. The second-order valence-corrected chi connectivity index (χ2v) is 8.80. The van der Waals surface area contributed by atoms with Crippen LogP contribution in [0.2, 0.25) is 0 Å². The highest BCUT2D eigenvalue weighted by molar-refractivity contribution is 8.00. The monoisotopic (exact) mass is 490 g/mol. The van der Waals surface area contributed by atoms with E-state index in [9.17, 15) is 14.4 Å². The van der Waals surface area contributed by atoms with Gasteiger partial charge < -0.3 is 19.7 Å². The van der Waals surface area contributed by atoms with Gasteiger partial charge in [-0.1, -0.05) is 36.4 Å². The Kier molecular flexibility index (Phi) is 8.05. The van der Waals surface area contributed by atoms with E-state index < -0.39 is 5.97 Å². The molecule has 1 aliphatic rings. The van der Waals surface area contributed by atoms with Gasteiger partial charge in [-0.25, -0.2) is 4.79 Å². The van der Waals surface area contributed by atoms with Crippen LogP contribution in [-0.4, -0.2) is 43.3 Å². The number of nitrogens with zero attached hydrogens (tertiary/aromatic N) is 1. The average Bonchev–Trinajstić information content (AvgIpc) is 3.31. The number of rotatable bonds is 9. The SMILES string of the molecule is CCOC(=O)COc1cccc(NC(=O)c2ccccc2SCC(=O)N2CCc3ccccc32)c1. The average molecular weight is 491 g/mol. The molecular formula is C27H26N2O5S. The second kappa shape index (κ2) is 11.6. The van der Waals surface area contributed by atoms with Gasteiger partial charge in [0.1, 0.15) is 5.75 Å². The van der Waals surface area contributed by atoms with Crippen molar-refractivity contribution in [3.63, 3.8) is 0 Å². The lowest BCUT2D eigenvalue weighted by Gasteiger charge is -2.17. The van der Waals surface area contributed by atoms with Gasteiger partial charge in [0, 0.05) is 28.9 Å². The first-order valence-electron chi connectivity index (χ1n) is 11.3. The highest BCUT2D eigenvalue weighted by Crippen LogP contribution is 2.30. The number of carbonyl (C=O) groups excluding carboxylic acids is 3. The number of amides is 2. The van der Waals surface area contributed by atoms with E-state index in [0.717, 1.165) is 17.0 Å². The smallest absolute Gasteiger partial charge is 0.344 e. The number of para-hydroxylation sites is 1. The molecule has 1 N–H and O–H groups in total. The molecule has 3 aromatic carbocycles. The van der Waals surface area contributed by atoms with Crippen molar-refractivity contribution in [2.24, 2.45) is 0 Å². The Morgan fingerprint density at radius 2 is 1.80 bits per heavy atom. The molecular weight excluding hydrogens is 464 g/mol. The fourth-order valence-electron chi connectivity index (χ4n) is 3.80. The Hall–Kier alpha value is -3.78. The molecule has 0 aromatic heterocycles. The maximum Gasteiger partial charge on any atom is 0.344 e. The van der Waals surface area contributed by atoms with Gasteiger partial charge in [0.2, 0.25) is 5.91 Å². The molecule has 7 nitrogen and oxygen atoms in total. The fourth-order valence-corrected chi connectivity index (χ4v) is 4.73. The number of benzene rings is 3. The van der Waals surface area contributed by atoms with Crippen molar-refractivity contribution in [3.05, 3.63) is 83.9 Å². The Balaban J connectivity index is 1.38. The summed E-state index contributed by atoms with van der Waals surface area (Å²) in [5, 5.41) is 2.86. The van der Waals surface area contributed by atoms with Gasteiger partial charge in [-0.2, -0.15) is 0 Å². The summed E-state index contributed by atoms with van der Waals surface area (Å²) < 4.78 is 10.3. The minimum atomic E-state index is -0.458. The molecule has 0 aliphatic carbocycles. The predicted molar refractivity (Wildman–Crippen MR) is 136 cm³/mol. The summed E-state index contributed by atoms with van der Waals surface area (Å²) in [5.74, 6) is -0.0680. The molecule has 1 heterocycles. The van der Waals surface area contributed by atoms with Crippen LogP contribution in [0.3, 0.4) is 0 Å². The van der Waals surface area contributed by atoms with Gasteiger partial charge in [0.15, 0.2) is 6.61 Å². The van der Waals surface area contributed by atoms with Gasteiger partial charge in [0.05, 0.1) is 17.9 Å². The van der Waals surface area contributed by atoms with Gasteiger partial charge in [-0.05, 0) is 49.2 Å². The Morgan fingerprint density at radius 1 is 1.00 bits per heavy atom. The largest absolute Gasteiger partial charge is 0.482 e. The van der Waals surface area contributed by atoms with Crippen LogP contribution in [-0.2, 0) is 20.7 Å². The van der Waals surface area contributed by atoms with Crippen LogP contribution in [0.15, 0.2) is 77.7 Å². The molecule has 0 saturated heterocycles. The molecule has 0 radical (unpaired) electrons.